The van der Waals surface area contributed by atoms with Crippen molar-refractivity contribution in [2.75, 3.05) is 19.8 Å². The van der Waals surface area contributed by atoms with Crippen molar-refractivity contribution in [1.82, 2.24) is 0 Å². The number of ketones is 1. The van der Waals surface area contributed by atoms with E-state index in [1.807, 2.05) is 6.92 Å². The SMILES string of the molecule is CCCOC(=O)C(OC(=O)C(C)(C)C)C(=O)C1CCOCC1. The molecule has 1 fully saturated rings. The Morgan fingerprint density at radius 1 is 1.18 bits per heavy atom. The van der Waals surface area contributed by atoms with Gasteiger partial charge in [0.25, 0.3) is 6.10 Å². The van der Waals surface area contributed by atoms with Gasteiger partial charge in [0, 0.05) is 19.1 Å². The van der Waals surface area contributed by atoms with Crippen LogP contribution in [-0.4, -0.2) is 43.6 Å². The van der Waals surface area contributed by atoms with Crippen LogP contribution in [0, 0.1) is 11.3 Å². The predicted octanol–water partition coefficient (Wildman–Crippen LogP) is 1.89. The number of hydrogen-bond acceptors (Lipinski definition) is 6. The summed E-state index contributed by atoms with van der Waals surface area (Å²) in [6.07, 6.45) is 0.228. The van der Waals surface area contributed by atoms with Crippen LogP contribution in [0.3, 0.4) is 0 Å². The summed E-state index contributed by atoms with van der Waals surface area (Å²) in [5, 5.41) is 0. The lowest BCUT2D eigenvalue weighted by Gasteiger charge is -2.26. The van der Waals surface area contributed by atoms with Crippen molar-refractivity contribution in [3.63, 3.8) is 0 Å². The molecule has 1 unspecified atom stereocenters. The molecule has 1 atom stereocenters. The Balaban J connectivity index is 2.82. The molecule has 0 saturated carbocycles. The average molecular weight is 314 g/mol. The molecular formula is C16H26O6. The maximum atomic E-state index is 12.5. The molecule has 0 bridgehead atoms. The summed E-state index contributed by atoms with van der Waals surface area (Å²) in [6.45, 7) is 8.00. The largest absolute Gasteiger partial charge is 0.463 e. The van der Waals surface area contributed by atoms with E-state index in [2.05, 4.69) is 0 Å². The predicted molar refractivity (Wildman–Crippen MR) is 79.1 cm³/mol. The van der Waals surface area contributed by atoms with Gasteiger partial charge in [-0.05, 0) is 40.0 Å². The van der Waals surface area contributed by atoms with Gasteiger partial charge >= 0.3 is 11.9 Å². The van der Waals surface area contributed by atoms with Gasteiger partial charge in [0.15, 0.2) is 5.78 Å². The Morgan fingerprint density at radius 2 is 1.77 bits per heavy atom. The summed E-state index contributed by atoms with van der Waals surface area (Å²) < 4.78 is 15.4. The van der Waals surface area contributed by atoms with Gasteiger partial charge in [-0.3, -0.25) is 9.59 Å². The third kappa shape index (κ3) is 5.40. The smallest absolute Gasteiger partial charge is 0.355 e. The molecule has 1 aliphatic heterocycles. The van der Waals surface area contributed by atoms with Gasteiger partial charge in [0.2, 0.25) is 0 Å². The monoisotopic (exact) mass is 314 g/mol. The lowest BCUT2D eigenvalue weighted by Crippen LogP contribution is -2.43. The molecule has 1 aliphatic rings. The highest BCUT2D eigenvalue weighted by molar-refractivity contribution is 6.04. The average Bonchev–Trinajstić information content (AvgIpc) is 2.49. The zero-order valence-electron chi connectivity index (χ0n) is 13.8. The molecule has 0 aromatic carbocycles. The summed E-state index contributed by atoms with van der Waals surface area (Å²) >= 11 is 0. The summed E-state index contributed by atoms with van der Waals surface area (Å²) in [7, 11) is 0. The summed E-state index contributed by atoms with van der Waals surface area (Å²) in [5.41, 5.74) is -0.792. The minimum atomic E-state index is -1.47. The van der Waals surface area contributed by atoms with E-state index in [-0.39, 0.29) is 18.3 Å². The van der Waals surface area contributed by atoms with Gasteiger partial charge in [0.1, 0.15) is 0 Å². The van der Waals surface area contributed by atoms with E-state index in [1.54, 1.807) is 20.8 Å². The first-order valence-corrected chi connectivity index (χ1v) is 7.76. The number of ether oxygens (including phenoxy) is 3. The molecule has 6 nitrogen and oxygen atoms in total. The molecule has 22 heavy (non-hydrogen) atoms. The van der Waals surface area contributed by atoms with Crippen molar-refractivity contribution in [3.8, 4) is 0 Å². The van der Waals surface area contributed by atoms with Gasteiger partial charge in [-0.15, -0.1) is 0 Å². The lowest BCUT2D eigenvalue weighted by molar-refractivity contribution is -0.177. The molecule has 0 aromatic heterocycles. The van der Waals surface area contributed by atoms with Crippen molar-refractivity contribution in [3.05, 3.63) is 0 Å². The quantitative estimate of drug-likeness (QED) is 0.550. The number of hydrogen-bond donors (Lipinski definition) is 0. The molecule has 0 spiro atoms. The van der Waals surface area contributed by atoms with Crippen LogP contribution in [0.1, 0.15) is 47.0 Å². The molecule has 1 saturated heterocycles. The van der Waals surface area contributed by atoms with Crippen molar-refractivity contribution in [2.45, 2.75) is 53.1 Å². The summed E-state index contributed by atoms with van der Waals surface area (Å²) in [4.78, 5) is 36.7. The van der Waals surface area contributed by atoms with Crippen LogP contribution in [0.2, 0.25) is 0 Å². The number of rotatable bonds is 6. The first kappa shape index (κ1) is 18.6. The highest BCUT2D eigenvalue weighted by Gasteiger charge is 2.39. The van der Waals surface area contributed by atoms with E-state index >= 15 is 0 Å². The number of esters is 2. The van der Waals surface area contributed by atoms with E-state index in [0.717, 1.165) is 0 Å². The number of Topliss-reactive ketones (excluding diaryl/α,β-unsaturated/α-hetero) is 1. The Hall–Kier alpha value is -1.43. The minimum absolute atomic E-state index is 0.198. The van der Waals surface area contributed by atoms with Crippen molar-refractivity contribution in [1.29, 1.82) is 0 Å². The van der Waals surface area contributed by atoms with Gasteiger partial charge in [-0.2, -0.15) is 0 Å². The van der Waals surface area contributed by atoms with E-state index in [0.29, 0.717) is 32.5 Å². The Kier molecular flexibility index (Phi) is 7.00. The van der Waals surface area contributed by atoms with Crippen LogP contribution in [0.25, 0.3) is 0 Å². The Labute approximate surface area is 131 Å². The second-order valence-corrected chi connectivity index (χ2v) is 6.49. The van der Waals surface area contributed by atoms with Gasteiger partial charge in [0.05, 0.1) is 12.0 Å². The van der Waals surface area contributed by atoms with E-state index in [4.69, 9.17) is 14.2 Å². The van der Waals surface area contributed by atoms with Crippen LogP contribution >= 0.6 is 0 Å². The van der Waals surface area contributed by atoms with Crippen LogP contribution in [0.15, 0.2) is 0 Å². The van der Waals surface area contributed by atoms with E-state index in [1.165, 1.54) is 0 Å². The standard InChI is InChI=1S/C16H26O6/c1-5-8-21-14(18)13(22-15(19)16(2,3)4)12(17)11-6-9-20-10-7-11/h11,13H,5-10H2,1-4H3. The van der Waals surface area contributed by atoms with Crippen molar-refractivity contribution < 1.29 is 28.6 Å². The second-order valence-electron chi connectivity index (χ2n) is 6.49. The first-order chi connectivity index (χ1) is 10.3. The lowest BCUT2D eigenvalue weighted by atomic mass is 9.91. The van der Waals surface area contributed by atoms with Gasteiger partial charge < -0.3 is 14.2 Å². The topological polar surface area (TPSA) is 78.9 Å². The van der Waals surface area contributed by atoms with Crippen molar-refractivity contribution >= 4 is 17.7 Å². The van der Waals surface area contributed by atoms with Crippen LogP contribution in [0.5, 0.6) is 0 Å². The Morgan fingerprint density at radius 3 is 2.27 bits per heavy atom. The molecule has 126 valence electrons. The third-order valence-corrected chi connectivity index (χ3v) is 3.38. The van der Waals surface area contributed by atoms with Crippen LogP contribution in [-0.2, 0) is 28.6 Å². The highest BCUT2D eigenvalue weighted by atomic mass is 16.6. The zero-order valence-corrected chi connectivity index (χ0v) is 13.8. The summed E-state index contributed by atoms with van der Waals surface area (Å²) in [6, 6.07) is 0. The maximum Gasteiger partial charge on any atom is 0.355 e. The fraction of sp³-hybridized carbons (Fsp3) is 0.812. The maximum absolute atomic E-state index is 12.5. The molecule has 6 heteroatoms. The fourth-order valence-electron chi connectivity index (χ4n) is 1.98. The van der Waals surface area contributed by atoms with Crippen molar-refractivity contribution in [2.24, 2.45) is 11.3 Å². The number of carbonyl (C=O) groups excluding carboxylic acids is 3. The van der Waals surface area contributed by atoms with Gasteiger partial charge in [-0.25, -0.2) is 4.79 Å². The second kappa shape index (κ2) is 8.27. The molecule has 0 aromatic rings. The molecule has 0 radical (unpaired) electrons. The third-order valence-electron chi connectivity index (χ3n) is 3.38. The Bertz CT molecular complexity index is 403. The van der Waals surface area contributed by atoms with Crippen LogP contribution < -0.4 is 0 Å². The fourth-order valence-corrected chi connectivity index (χ4v) is 1.98. The molecule has 1 rings (SSSR count). The molecule has 0 amide bonds. The molecule has 0 aliphatic carbocycles. The minimum Gasteiger partial charge on any atom is -0.463 e. The first-order valence-electron chi connectivity index (χ1n) is 7.76. The highest BCUT2D eigenvalue weighted by Crippen LogP contribution is 2.22. The van der Waals surface area contributed by atoms with Gasteiger partial charge in [-0.1, -0.05) is 6.92 Å². The molecule has 1 heterocycles. The molecular weight excluding hydrogens is 288 g/mol. The normalized spacial score (nSPS) is 17.6. The summed E-state index contributed by atoms with van der Waals surface area (Å²) in [5.74, 6) is -2.09. The van der Waals surface area contributed by atoms with E-state index < -0.39 is 23.5 Å². The van der Waals surface area contributed by atoms with E-state index in [9.17, 15) is 14.4 Å². The number of carbonyl (C=O) groups is 3. The zero-order chi connectivity index (χ0) is 16.8. The van der Waals surface area contributed by atoms with Crippen LogP contribution in [0.4, 0.5) is 0 Å². The molecule has 0 N–H and O–H groups in total.